The normalized spacial score (nSPS) is 16.5. The van der Waals surface area contributed by atoms with Gasteiger partial charge in [0.25, 0.3) is 0 Å². The van der Waals surface area contributed by atoms with Crippen LogP contribution in [0.25, 0.3) is 0 Å². The third kappa shape index (κ3) is 5.40. The fraction of sp³-hybridized carbons (Fsp3) is 0.240. The van der Waals surface area contributed by atoms with Crippen molar-refractivity contribution >= 4 is 23.4 Å². The van der Waals surface area contributed by atoms with E-state index in [-0.39, 0.29) is 23.5 Å². The van der Waals surface area contributed by atoms with Crippen LogP contribution in [-0.2, 0) is 17.3 Å². The first-order valence-electron chi connectivity index (χ1n) is 10.9. The summed E-state index contributed by atoms with van der Waals surface area (Å²) in [5, 5.41) is 12.1. The van der Waals surface area contributed by atoms with Gasteiger partial charge >= 0.3 is 18.2 Å². The predicted octanol–water partition coefficient (Wildman–Crippen LogP) is 5.68. The second-order valence-corrected chi connectivity index (χ2v) is 8.30. The number of benzene rings is 2. The van der Waals surface area contributed by atoms with Crippen LogP contribution in [0.2, 0.25) is 0 Å². The summed E-state index contributed by atoms with van der Waals surface area (Å²) in [6.07, 6.45) is -5.11. The first-order chi connectivity index (χ1) is 17.0. The Bertz CT molecular complexity index is 1280. The molecule has 3 aromatic rings. The van der Waals surface area contributed by atoms with E-state index in [0.717, 1.165) is 29.8 Å². The van der Waals surface area contributed by atoms with E-state index in [1.165, 1.54) is 17.9 Å². The van der Waals surface area contributed by atoms with Crippen molar-refractivity contribution in [3.05, 3.63) is 89.0 Å². The van der Waals surface area contributed by atoms with Crippen molar-refractivity contribution in [1.29, 1.82) is 0 Å². The Morgan fingerprint density at radius 2 is 1.92 bits per heavy atom. The van der Waals surface area contributed by atoms with Crippen molar-refractivity contribution in [2.45, 2.75) is 31.6 Å². The van der Waals surface area contributed by atoms with Gasteiger partial charge in [-0.05, 0) is 54.8 Å². The average molecular weight is 503 g/mol. The van der Waals surface area contributed by atoms with Gasteiger partial charge in [-0.3, -0.25) is 4.90 Å². The minimum Gasteiger partial charge on any atom is -0.476 e. The van der Waals surface area contributed by atoms with Crippen molar-refractivity contribution in [3.63, 3.8) is 0 Å². The summed E-state index contributed by atoms with van der Waals surface area (Å²) in [6.45, 7) is 1.52. The lowest BCUT2D eigenvalue weighted by molar-refractivity contribution is -0.137. The fourth-order valence-corrected chi connectivity index (χ4v) is 4.03. The number of aromatic carboxylic acids is 1. The molecule has 0 saturated carbocycles. The number of halogens is 4. The highest BCUT2D eigenvalue weighted by Crippen LogP contribution is 2.37. The maximum absolute atomic E-state index is 13.8. The van der Waals surface area contributed by atoms with Crippen molar-refractivity contribution in [2.24, 2.45) is 0 Å². The van der Waals surface area contributed by atoms with Crippen LogP contribution in [0.5, 0.6) is 0 Å². The minimum absolute atomic E-state index is 0.00686. The molecule has 2 aromatic carbocycles. The summed E-state index contributed by atoms with van der Waals surface area (Å²) in [7, 11) is 0. The van der Waals surface area contributed by atoms with E-state index in [1.807, 2.05) is 30.3 Å². The third-order valence-electron chi connectivity index (χ3n) is 5.76. The molecule has 1 amide bonds. The van der Waals surface area contributed by atoms with Gasteiger partial charge in [0.15, 0.2) is 5.69 Å². The largest absolute Gasteiger partial charge is 0.476 e. The maximum atomic E-state index is 13.8. The number of pyridine rings is 1. The lowest BCUT2D eigenvalue weighted by atomic mass is 10.0. The zero-order valence-corrected chi connectivity index (χ0v) is 18.9. The number of ether oxygens (including phenoxy) is 1. The van der Waals surface area contributed by atoms with Gasteiger partial charge in [-0.15, -0.1) is 0 Å². The first-order valence-corrected chi connectivity index (χ1v) is 10.9. The summed E-state index contributed by atoms with van der Waals surface area (Å²) >= 11 is 0. The van der Waals surface area contributed by atoms with Crippen LogP contribution in [0, 0.1) is 5.95 Å². The van der Waals surface area contributed by atoms with Crippen LogP contribution in [0.1, 0.15) is 40.1 Å². The van der Waals surface area contributed by atoms with Crippen molar-refractivity contribution < 1.29 is 37.0 Å². The number of carboxylic acid groups (broad SMARTS) is 1. The van der Waals surface area contributed by atoms with Crippen LogP contribution in [0.4, 0.5) is 33.7 Å². The van der Waals surface area contributed by atoms with Crippen molar-refractivity contribution in [3.8, 4) is 0 Å². The summed E-state index contributed by atoms with van der Waals surface area (Å²) < 4.78 is 60.0. The molecule has 1 aliphatic rings. The molecule has 0 spiro atoms. The number of cyclic esters (lactones) is 1. The Kier molecular flexibility index (Phi) is 6.82. The van der Waals surface area contributed by atoms with Crippen LogP contribution in [-0.4, -0.2) is 34.8 Å². The van der Waals surface area contributed by atoms with Crippen LogP contribution in [0.15, 0.2) is 60.7 Å². The molecule has 1 aromatic heterocycles. The Hall–Kier alpha value is -4.15. The number of nitrogens with zero attached hydrogens (tertiary/aromatic N) is 2. The van der Waals surface area contributed by atoms with Crippen LogP contribution in [0.3, 0.4) is 0 Å². The molecule has 0 radical (unpaired) electrons. The molecule has 2 N–H and O–H groups in total. The van der Waals surface area contributed by atoms with E-state index >= 15 is 0 Å². The molecule has 1 aliphatic heterocycles. The molecule has 1 saturated heterocycles. The van der Waals surface area contributed by atoms with Gasteiger partial charge in [-0.25, -0.2) is 14.6 Å². The molecule has 2 atom stereocenters. The molecule has 4 rings (SSSR count). The van der Waals surface area contributed by atoms with E-state index < -0.39 is 47.5 Å². The van der Waals surface area contributed by atoms with Gasteiger partial charge in [0, 0.05) is 11.7 Å². The number of carbonyl (C=O) groups is 2. The molecular weight excluding hydrogens is 482 g/mol. The number of amides is 1. The summed E-state index contributed by atoms with van der Waals surface area (Å²) in [5.74, 6) is -2.51. The second-order valence-electron chi connectivity index (χ2n) is 8.30. The quantitative estimate of drug-likeness (QED) is 0.319. The first kappa shape index (κ1) is 25.0. The molecule has 0 bridgehead atoms. The Morgan fingerprint density at radius 1 is 1.19 bits per heavy atom. The number of anilines is 2. The number of rotatable bonds is 7. The van der Waals surface area contributed by atoms with E-state index in [2.05, 4.69) is 10.3 Å². The Morgan fingerprint density at radius 3 is 2.58 bits per heavy atom. The molecule has 1 fully saturated rings. The molecular formula is C25H21F4N3O4. The topological polar surface area (TPSA) is 91.8 Å². The third-order valence-corrected chi connectivity index (χ3v) is 5.76. The lowest BCUT2D eigenvalue weighted by Gasteiger charge is -2.25. The van der Waals surface area contributed by atoms with Gasteiger partial charge in [-0.2, -0.15) is 17.6 Å². The van der Waals surface area contributed by atoms with Gasteiger partial charge in [0.2, 0.25) is 5.95 Å². The standard InChI is InChI=1S/C25H21F4N3O4/c1-14(30-20-7-8-21(26)31-22(20)23(33)34)16-10-17(25(27,28)29)12-18(11-16)32-19(13-36-24(32)35)9-15-5-3-2-4-6-15/h2-8,10-12,14,19,30H,9,13H2,1H3,(H,33,34)/t14?,19-/m0/s1. The monoisotopic (exact) mass is 503 g/mol. The van der Waals surface area contributed by atoms with Crippen LogP contribution < -0.4 is 10.2 Å². The number of nitrogens with one attached hydrogen (secondary N) is 1. The average Bonchev–Trinajstić information content (AvgIpc) is 3.19. The molecule has 2 heterocycles. The summed E-state index contributed by atoms with van der Waals surface area (Å²) in [5.41, 5.74) is -0.667. The van der Waals surface area contributed by atoms with E-state index in [1.54, 1.807) is 0 Å². The van der Waals surface area contributed by atoms with Crippen molar-refractivity contribution in [1.82, 2.24) is 4.98 Å². The smallest absolute Gasteiger partial charge is 0.416 e. The number of hydrogen-bond acceptors (Lipinski definition) is 5. The van der Waals surface area contributed by atoms with E-state index in [0.29, 0.717) is 6.42 Å². The molecule has 36 heavy (non-hydrogen) atoms. The van der Waals surface area contributed by atoms with E-state index in [4.69, 9.17) is 4.74 Å². The molecule has 11 heteroatoms. The van der Waals surface area contributed by atoms with E-state index in [9.17, 15) is 32.3 Å². The summed E-state index contributed by atoms with van der Waals surface area (Å²) in [6, 6.07) is 13.1. The van der Waals surface area contributed by atoms with Gasteiger partial charge in [0.05, 0.1) is 17.3 Å². The zero-order valence-electron chi connectivity index (χ0n) is 18.9. The number of aromatic nitrogens is 1. The predicted molar refractivity (Wildman–Crippen MR) is 122 cm³/mol. The molecule has 188 valence electrons. The highest BCUT2D eigenvalue weighted by molar-refractivity contribution is 5.92. The number of hydrogen-bond donors (Lipinski definition) is 2. The molecule has 7 nitrogen and oxygen atoms in total. The summed E-state index contributed by atoms with van der Waals surface area (Å²) in [4.78, 5) is 28.5. The maximum Gasteiger partial charge on any atom is 0.416 e. The molecule has 1 unspecified atom stereocenters. The van der Waals surface area contributed by atoms with Gasteiger partial charge < -0.3 is 15.2 Å². The second kappa shape index (κ2) is 9.84. The van der Waals surface area contributed by atoms with Crippen LogP contribution >= 0.6 is 0 Å². The Labute approximate surface area is 203 Å². The Balaban J connectivity index is 1.70. The lowest BCUT2D eigenvalue weighted by Crippen LogP contribution is -2.35. The zero-order chi connectivity index (χ0) is 26.0. The number of alkyl halides is 3. The van der Waals surface area contributed by atoms with Gasteiger partial charge in [0.1, 0.15) is 6.61 Å². The SMILES string of the molecule is CC(Nc1ccc(F)nc1C(=O)O)c1cc(N2C(=O)OC[C@@H]2Cc2ccccc2)cc(C(F)(F)F)c1. The highest BCUT2D eigenvalue weighted by atomic mass is 19.4. The number of carbonyl (C=O) groups excluding carboxylic acids is 1. The van der Waals surface area contributed by atoms with Crippen molar-refractivity contribution in [2.75, 3.05) is 16.8 Å². The molecule has 0 aliphatic carbocycles. The highest BCUT2D eigenvalue weighted by Gasteiger charge is 2.37. The number of carboxylic acids is 1. The fourth-order valence-electron chi connectivity index (χ4n) is 4.03. The van der Waals surface area contributed by atoms with Gasteiger partial charge in [-0.1, -0.05) is 30.3 Å². The minimum atomic E-state index is -4.72.